The van der Waals surface area contributed by atoms with Crippen molar-refractivity contribution >= 4 is 21.8 Å². The summed E-state index contributed by atoms with van der Waals surface area (Å²) in [6, 6.07) is 18.0. The van der Waals surface area contributed by atoms with Gasteiger partial charge in [0, 0.05) is 52.6 Å². The Hall–Kier alpha value is -2.85. The maximum absolute atomic E-state index is 5.14. The van der Waals surface area contributed by atoms with E-state index in [0.717, 1.165) is 46.0 Å². The molecule has 0 radical (unpaired) electrons. The first-order valence-corrected chi connectivity index (χ1v) is 12.8. The van der Waals surface area contributed by atoms with Gasteiger partial charge in [-0.25, -0.2) is 0 Å². The SMILES string of the molecule is CCCC(CC)NC(C)C(CC(C)c1ccc2ccc3cccnc3c2n1)c1cccnc1C. The van der Waals surface area contributed by atoms with E-state index in [1.165, 1.54) is 18.4 Å². The number of benzene rings is 1. The van der Waals surface area contributed by atoms with Crippen LogP contribution in [0.5, 0.6) is 0 Å². The molecule has 34 heavy (non-hydrogen) atoms. The Kier molecular flexibility index (Phi) is 7.89. The van der Waals surface area contributed by atoms with Crippen molar-refractivity contribution in [3.05, 3.63) is 77.9 Å². The maximum Gasteiger partial charge on any atom is 0.0967 e. The van der Waals surface area contributed by atoms with E-state index in [0.29, 0.717) is 23.9 Å². The van der Waals surface area contributed by atoms with Gasteiger partial charge in [-0.2, -0.15) is 0 Å². The fourth-order valence-electron chi connectivity index (χ4n) is 5.25. The Bertz CT molecular complexity index is 1230. The van der Waals surface area contributed by atoms with Gasteiger partial charge in [-0.15, -0.1) is 0 Å². The predicted octanol–water partition coefficient (Wildman–Crippen LogP) is 7.32. The lowest BCUT2D eigenvalue weighted by Gasteiger charge is -2.32. The van der Waals surface area contributed by atoms with Crippen LogP contribution in [-0.2, 0) is 0 Å². The molecule has 0 fully saturated rings. The molecule has 3 aromatic heterocycles. The fraction of sp³-hybridized carbons (Fsp3) is 0.433. The molecule has 178 valence electrons. The van der Waals surface area contributed by atoms with Crippen LogP contribution in [0.15, 0.2) is 60.9 Å². The molecule has 4 rings (SSSR count). The molecule has 0 bridgehead atoms. The van der Waals surface area contributed by atoms with Crippen LogP contribution in [0.4, 0.5) is 0 Å². The van der Waals surface area contributed by atoms with E-state index in [4.69, 9.17) is 4.98 Å². The van der Waals surface area contributed by atoms with Crippen LogP contribution in [0.3, 0.4) is 0 Å². The zero-order valence-corrected chi connectivity index (χ0v) is 21.3. The lowest BCUT2D eigenvalue weighted by molar-refractivity contribution is 0.350. The summed E-state index contributed by atoms with van der Waals surface area (Å²) in [5.41, 5.74) is 5.57. The van der Waals surface area contributed by atoms with E-state index >= 15 is 0 Å². The van der Waals surface area contributed by atoms with Gasteiger partial charge in [-0.1, -0.05) is 57.5 Å². The number of nitrogens with one attached hydrogen (secondary N) is 1. The highest BCUT2D eigenvalue weighted by Crippen LogP contribution is 2.34. The van der Waals surface area contributed by atoms with Crippen molar-refractivity contribution in [2.24, 2.45) is 0 Å². The smallest absolute Gasteiger partial charge is 0.0967 e. The summed E-state index contributed by atoms with van der Waals surface area (Å²) in [5, 5.41) is 6.22. The summed E-state index contributed by atoms with van der Waals surface area (Å²) in [6.07, 6.45) is 8.33. The second-order valence-corrected chi connectivity index (χ2v) is 9.72. The minimum atomic E-state index is 0.309. The molecule has 3 heterocycles. The second-order valence-electron chi connectivity index (χ2n) is 9.72. The number of aryl methyl sites for hydroxylation is 1. The maximum atomic E-state index is 5.14. The van der Waals surface area contributed by atoms with Crippen LogP contribution in [-0.4, -0.2) is 27.0 Å². The Morgan fingerprint density at radius 3 is 2.29 bits per heavy atom. The van der Waals surface area contributed by atoms with Crippen molar-refractivity contribution in [2.45, 2.75) is 84.2 Å². The molecule has 0 spiro atoms. The van der Waals surface area contributed by atoms with Crippen molar-refractivity contribution < 1.29 is 0 Å². The Morgan fingerprint density at radius 1 is 0.853 bits per heavy atom. The van der Waals surface area contributed by atoms with Crippen molar-refractivity contribution in [1.82, 2.24) is 20.3 Å². The van der Waals surface area contributed by atoms with E-state index in [1.807, 2.05) is 18.5 Å². The molecule has 4 aromatic rings. The topological polar surface area (TPSA) is 50.7 Å². The van der Waals surface area contributed by atoms with E-state index in [-0.39, 0.29) is 0 Å². The number of aromatic nitrogens is 3. The van der Waals surface area contributed by atoms with Crippen LogP contribution in [0.25, 0.3) is 21.8 Å². The summed E-state index contributed by atoms with van der Waals surface area (Å²) >= 11 is 0. The monoisotopic (exact) mass is 454 g/mol. The molecule has 1 N–H and O–H groups in total. The van der Waals surface area contributed by atoms with Gasteiger partial charge >= 0.3 is 0 Å². The highest BCUT2D eigenvalue weighted by Gasteiger charge is 2.26. The van der Waals surface area contributed by atoms with Gasteiger partial charge < -0.3 is 5.32 Å². The number of rotatable bonds is 10. The third-order valence-electron chi connectivity index (χ3n) is 7.25. The lowest BCUT2D eigenvalue weighted by atomic mass is 9.82. The molecule has 4 nitrogen and oxygen atoms in total. The summed E-state index contributed by atoms with van der Waals surface area (Å²) in [5.74, 6) is 0.668. The third kappa shape index (κ3) is 5.28. The Morgan fingerprint density at radius 2 is 1.56 bits per heavy atom. The molecule has 0 saturated heterocycles. The summed E-state index contributed by atoms with van der Waals surface area (Å²) < 4.78 is 0. The summed E-state index contributed by atoms with van der Waals surface area (Å²) in [4.78, 5) is 14.4. The number of fused-ring (bicyclic) bond motifs is 3. The number of hydrogen-bond donors (Lipinski definition) is 1. The van der Waals surface area contributed by atoms with Crippen molar-refractivity contribution in [1.29, 1.82) is 0 Å². The van der Waals surface area contributed by atoms with E-state index < -0.39 is 0 Å². The molecule has 0 aliphatic rings. The summed E-state index contributed by atoms with van der Waals surface area (Å²) in [7, 11) is 0. The first-order valence-electron chi connectivity index (χ1n) is 12.8. The molecule has 0 saturated carbocycles. The summed E-state index contributed by atoms with van der Waals surface area (Å²) in [6.45, 7) is 11.3. The van der Waals surface area contributed by atoms with Crippen molar-refractivity contribution in [2.75, 3.05) is 0 Å². The van der Waals surface area contributed by atoms with E-state index in [1.54, 1.807) is 0 Å². The fourth-order valence-corrected chi connectivity index (χ4v) is 5.25. The number of hydrogen-bond acceptors (Lipinski definition) is 4. The zero-order valence-electron chi connectivity index (χ0n) is 21.3. The molecule has 4 heteroatoms. The van der Waals surface area contributed by atoms with Crippen LogP contribution < -0.4 is 5.32 Å². The molecule has 0 amide bonds. The van der Waals surface area contributed by atoms with Crippen LogP contribution >= 0.6 is 0 Å². The van der Waals surface area contributed by atoms with E-state index in [2.05, 4.69) is 92.4 Å². The molecule has 0 aliphatic carbocycles. The molecule has 1 aromatic carbocycles. The van der Waals surface area contributed by atoms with Gasteiger partial charge in [0.25, 0.3) is 0 Å². The molecule has 0 aliphatic heterocycles. The number of nitrogens with zero attached hydrogens (tertiary/aromatic N) is 3. The Labute approximate surface area is 204 Å². The Balaban J connectivity index is 1.66. The van der Waals surface area contributed by atoms with Gasteiger partial charge in [-0.3, -0.25) is 15.0 Å². The van der Waals surface area contributed by atoms with Crippen LogP contribution in [0.1, 0.15) is 82.2 Å². The predicted molar refractivity (Wildman–Crippen MR) is 143 cm³/mol. The van der Waals surface area contributed by atoms with Crippen LogP contribution in [0, 0.1) is 6.92 Å². The minimum Gasteiger partial charge on any atom is -0.311 e. The second kappa shape index (κ2) is 11.1. The van der Waals surface area contributed by atoms with Gasteiger partial charge in [-0.05, 0) is 62.8 Å². The van der Waals surface area contributed by atoms with Gasteiger partial charge in [0.05, 0.1) is 11.0 Å². The highest BCUT2D eigenvalue weighted by molar-refractivity contribution is 6.02. The van der Waals surface area contributed by atoms with Gasteiger partial charge in [0.15, 0.2) is 0 Å². The minimum absolute atomic E-state index is 0.309. The normalized spacial score (nSPS) is 15.3. The third-order valence-corrected chi connectivity index (χ3v) is 7.25. The average molecular weight is 455 g/mol. The number of pyridine rings is 3. The average Bonchev–Trinajstić information content (AvgIpc) is 2.86. The molecular weight excluding hydrogens is 416 g/mol. The van der Waals surface area contributed by atoms with Gasteiger partial charge in [0.1, 0.15) is 0 Å². The largest absolute Gasteiger partial charge is 0.311 e. The quantitative estimate of drug-likeness (QED) is 0.255. The molecule has 4 unspecified atom stereocenters. The van der Waals surface area contributed by atoms with Gasteiger partial charge in [0.2, 0.25) is 0 Å². The first-order chi connectivity index (χ1) is 16.5. The van der Waals surface area contributed by atoms with Crippen molar-refractivity contribution in [3.8, 4) is 0 Å². The zero-order chi connectivity index (χ0) is 24.1. The van der Waals surface area contributed by atoms with E-state index in [9.17, 15) is 0 Å². The van der Waals surface area contributed by atoms with Crippen LogP contribution in [0.2, 0.25) is 0 Å². The highest BCUT2D eigenvalue weighted by atomic mass is 14.9. The first kappa shape index (κ1) is 24.3. The molecular formula is C30H38N4. The standard InChI is InChI=1S/C30H38N4/c1-6-10-25(7-2)33-22(5)27(26-12-9-17-31-21(26)4)19-20(3)28-16-15-24-14-13-23-11-8-18-32-29(23)30(24)34-28/h8-9,11-18,20,22,25,27,33H,6-7,10,19H2,1-5H3. The molecule has 4 atom stereocenters. The van der Waals surface area contributed by atoms with Crippen molar-refractivity contribution in [3.63, 3.8) is 0 Å². The lowest BCUT2D eigenvalue weighted by Crippen LogP contribution is -2.40.